The fourth-order valence-electron chi connectivity index (χ4n) is 3.94. The molecule has 2 aliphatic rings. The van der Waals surface area contributed by atoms with E-state index in [1.54, 1.807) is 0 Å². The van der Waals surface area contributed by atoms with Gasteiger partial charge in [-0.05, 0) is 50.3 Å². The molecule has 0 radical (unpaired) electrons. The number of sulfonamides is 1. The maximum absolute atomic E-state index is 12.3. The maximum atomic E-state index is 12.3. The quantitative estimate of drug-likeness (QED) is 0.826. The minimum atomic E-state index is -3.10. The van der Waals surface area contributed by atoms with Gasteiger partial charge in [0.1, 0.15) is 0 Å². The van der Waals surface area contributed by atoms with E-state index >= 15 is 0 Å². The van der Waals surface area contributed by atoms with Gasteiger partial charge < -0.3 is 4.57 Å². The summed E-state index contributed by atoms with van der Waals surface area (Å²) in [5, 5.41) is 0. The first kappa shape index (κ1) is 17.0. The van der Waals surface area contributed by atoms with E-state index in [9.17, 15) is 8.42 Å². The van der Waals surface area contributed by atoms with Crippen molar-refractivity contribution in [2.45, 2.75) is 57.2 Å². The summed E-state index contributed by atoms with van der Waals surface area (Å²) >= 11 is 0. The van der Waals surface area contributed by atoms with E-state index in [-0.39, 0.29) is 12.1 Å². The minimum absolute atomic E-state index is 0.191. The first-order chi connectivity index (χ1) is 10.9. The van der Waals surface area contributed by atoms with Crippen LogP contribution in [0.15, 0.2) is 18.5 Å². The monoisotopic (exact) mass is 339 g/mol. The van der Waals surface area contributed by atoms with Crippen LogP contribution in [0.2, 0.25) is 0 Å². The highest BCUT2D eigenvalue weighted by Gasteiger charge is 2.37. The molecule has 1 aliphatic carbocycles. The summed E-state index contributed by atoms with van der Waals surface area (Å²) in [5.74, 6) is 0. The highest BCUT2D eigenvalue weighted by Crippen LogP contribution is 2.32. The van der Waals surface area contributed by atoms with E-state index in [1.165, 1.54) is 18.2 Å². The Labute approximate surface area is 140 Å². The molecule has 0 N–H and O–H groups in total. The van der Waals surface area contributed by atoms with Gasteiger partial charge in [0.15, 0.2) is 0 Å². The third kappa shape index (κ3) is 4.17. The Hall–Kier alpha value is -0.850. The molecule has 3 rings (SSSR count). The molecule has 2 fully saturated rings. The zero-order chi connectivity index (χ0) is 16.4. The third-order valence-electron chi connectivity index (χ3n) is 5.27. The second-order valence-electron chi connectivity index (χ2n) is 7.22. The van der Waals surface area contributed by atoms with Crippen molar-refractivity contribution in [2.75, 3.05) is 19.3 Å². The zero-order valence-electron chi connectivity index (χ0n) is 14.3. The van der Waals surface area contributed by atoms with E-state index in [0.29, 0.717) is 0 Å². The molecule has 1 atom stereocenters. The molecule has 0 aromatic carbocycles. The molecule has 2 heterocycles. The van der Waals surface area contributed by atoms with Crippen LogP contribution in [0.1, 0.15) is 44.1 Å². The molecule has 1 saturated carbocycles. The minimum Gasteiger partial charge on any atom is -0.357 e. The molecule has 0 spiro atoms. The molecule has 5 nitrogen and oxygen atoms in total. The Bertz CT molecular complexity index is 622. The summed E-state index contributed by atoms with van der Waals surface area (Å²) < 4.78 is 28.5. The highest BCUT2D eigenvalue weighted by molar-refractivity contribution is 7.88. The van der Waals surface area contributed by atoms with E-state index in [1.807, 2.05) is 11.4 Å². The van der Waals surface area contributed by atoms with Crippen LogP contribution in [0.25, 0.3) is 0 Å². The number of nitrogens with zero attached hydrogens (tertiary/aromatic N) is 3. The smallest absolute Gasteiger partial charge is 0.211 e. The van der Waals surface area contributed by atoms with Gasteiger partial charge in [-0.3, -0.25) is 4.90 Å². The van der Waals surface area contributed by atoms with Crippen LogP contribution in [0, 0.1) is 0 Å². The summed E-state index contributed by atoms with van der Waals surface area (Å²) in [6.07, 6.45) is 11.9. The lowest BCUT2D eigenvalue weighted by Crippen LogP contribution is -2.49. The van der Waals surface area contributed by atoms with Crippen molar-refractivity contribution in [3.63, 3.8) is 0 Å². The fraction of sp³-hybridized carbons (Fsp3) is 0.765. The predicted molar refractivity (Wildman–Crippen MR) is 92.7 cm³/mol. The van der Waals surface area contributed by atoms with Crippen molar-refractivity contribution in [1.82, 2.24) is 13.8 Å². The van der Waals surface area contributed by atoms with Crippen LogP contribution < -0.4 is 0 Å². The average molecular weight is 340 g/mol. The average Bonchev–Trinajstić information content (AvgIpc) is 2.68. The lowest BCUT2D eigenvalue weighted by atomic mass is 9.91. The van der Waals surface area contributed by atoms with E-state index in [2.05, 4.69) is 27.9 Å². The largest absolute Gasteiger partial charge is 0.357 e. The number of hydrogen-bond donors (Lipinski definition) is 0. The molecular weight excluding hydrogens is 310 g/mol. The number of aryl methyl sites for hydroxylation is 1. The topological polar surface area (TPSA) is 45.5 Å². The van der Waals surface area contributed by atoms with Gasteiger partial charge in [0.05, 0.1) is 6.26 Å². The van der Waals surface area contributed by atoms with Crippen molar-refractivity contribution in [3.8, 4) is 0 Å². The molecule has 130 valence electrons. The lowest BCUT2D eigenvalue weighted by Gasteiger charge is -2.40. The van der Waals surface area contributed by atoms with Crippen LogP contribution in [-0.2, 0) is 23.6 Å². The highest BCUT2D eigenvalue weighted by atomic mass is 32.2. The van der Waals surface area contributed by atoms with Crippen LogP contribution in [0.3, 0.4) is 0 Å². The maximum Gasteiger partial charge on any atom is 0.211 e. The number of likely N-dealkylation sites (tertiary alicyclic amines) is 1. The number of rotatable bonds is 5. The Morgan fingerprint density at radius 1 is 1.13 bits per heavy atom. The molecule has 6 heteroatoms. The van der Waals surface area contributed by atoms with Crippen LogP contribution in [-0.4, -0.2) is 53.6 Å². The summed E-state index contributed by atoms with van der Waals surface area (Å²) in [6.45, 7) is 3.02. The van der Waals surface area contributed by atoms with E-state index in [4.69, 9.17) is 0 Å². The zero-order valence-corrected chi connectivity index (χ0v) is 15.1. The van der Waals surface area contributed by atoms with Gasteiger partial charge in [-0.1, -0.05) is 6.42 Å². The van der Waals surface area contributed by atoms with Crippen molar-refractivity contribution in [1.29, 1.82) is 0 Å². The normalized spacial score (nSPS) is 24.6. The van der Waals surface area contributed by atoms with E-state index in [0.717, 1.165) is 51.7 Å². The van der Waals surface area contributed by atoms with Crippen LogP contribution in [0.5, 0.6) is 0 Å². The third-order valence-corrected chi connectivity index (χ3v) is 6.63. The van der Waals surface area contributed by atoms with Gasteiger partial charge >= 0.3 is 0 Å². The first-order valence-electron chi connectivity index (χ1n) is 8.75. The second kappa shape index (κ2) is 6.95. The molecule has 0 unspecified atom stereocenters. The first-order valence-corrected chi connectivity index (χ1v) is 10.6. The molecule has 0 bridgehead atoms. The predicted octanol–water partition coefficient (Wildman–Crippen LogP) is 2.19. The van der Waals surface area contributed by atoms with Crippen LogP contribution >= 0.6 is 0 Å². The summed E-state index contributed by atoms with van der Waals surface area (Å²) in [4.78, 5) is 2.47. The Balaban J connectivity index is 1.62. The lowest BCUT2D eigenvalue weighted by molar-refractivity contribution is 0.160. The van der Waals surface area contributed by atoms with Gasteiger partial charge in [0.25, 0.3) is 0 Å². The van der Waals surface area contributed by atoms with Crippen molar-refractivity contribution in [3.05, 3.63) is 24.0 Å². The molecule has 1 saturated heterocycles. The SMILES string of the molecule is Cn1ccc(CN2CCC[C@H](N(C3CCC3)S(C)(=O)=O)CC2)c1. The van der Waals surface area contributed by atoms with Crippen LogP contribution in [0.4, 0.5) is 0 Å². The van der Waals surface area contributed by atoms with Gasteiger partial charge in [0, 0.05) is 44.6 Å². The second-order valence-corrected chi connectivity index (χ2v) is 9.11. The Kier molecular flexibility index (Phi) is 5.13. The van der Waals surface area contributed by atoms with Gasteiger partial charge in [-0.15, -0.1) is 0 Å². The summed E-state index contributed by atoms with van der Waals surface area (Å²) in [5.41, 5.74) is 1.34. The van der Waals surface area contributed by atoms with Crippen molar-refractivity contribution in [2.24, 2.45) is 7.05 Å². The molecule has 1 aromatic rings. The van der Waals surface area contributed by atoms with Crippen molar-refractivity contribution >= 4 is 10.0 Å². The van der Waals surface area contributed by atoms with Gasteiger partial charge in [-0.2, -0.15) is 4.31 Å². The molecule has 1 aliphatic heterocycles. The molecule has 23 heavy (non-hydrogen) atoms. The Morgan fingerprint density at radius 2 is 1.83 bits per heavy atom. The molecule has 1 aromatic heterocycles. The fourth-order valence-corrected chi connectivity index (χ4v) is 5.45. The standard InChI is InChI=1S/C17H29N3O2S/c1-18-11-8-15(13-18)14-19-10-4-7-17(9-12-19)20(23(2,21)22)16-5-3-6-16/h8,11,13,16-17H,3-7,9-10,12,14H2,1-2H3/t17-/m0/s1. The molecular formula is C17H29N3O2S. The molecule has 0 amide bonds. The summed E-state index contributed by atoms with van der Waals surface area (Å²) in [6, 6.07) is 2.62. The van der Waals surface area contributed by atoms with Gasteiger partial charge in [0.2, 0.25) is 10.0 Å². The number of aromatic nitrogens is 1. The number of hydrogen-bond acceptors (Lipinski definition) is 3. The van der Waals surface area contributed by atoms with Crippen molar-refractivity contribution < 1.29 is 8.42 Å². The van der Waals surface area contributed by atoms with Gasteiger partial charge in [-0.25, -0.2) is 8.42 Å². The van der Waals surface area contributed by atoms with E-state index < -0.39 is 10.0 Å². The summed E-state index contributed by atoms with van der Waals surface area (Å²) in [7, 11) is -1.06. The Morgan fingerprint density at radius 3 is 2.39 bits per heavy atom.